The average molecular weight is 373 g/mol. The van der Waals surface area contributed by atoms with Crippen LogP contribution in [0.25, 0.3) is 0 Å². The van der Waals surface area contributed by atoms with Crippen LogP contribution in [0.4, 0.5) is 0 Å². The first kappa shape index (κ1) is 18.7. The van der Waals surface area contributed by atoms with Crippen molar-refractivity contribution >= 4 is 5.91 Å². The second-order valence-electron chi connectivity index (χ2n) is 8.71. The Hall–Kier alpha value is -1.66. The zero-order valence-corrected chi connectivity index (χ0v) is 16.8. The van der Waals surface area contributed by atoms with Crippen LogP contribution in [0.1, 0.15) is 31.4 Å². The molecule has 4 heterocycles. The quantitative estimate of drug-likeness (QED) is 0.790. The second-order valence-corrected chi connectivity index (χ2v) is 8.71. The predicted molar refractivity (Wildman–Crippen MR) is 104 cm³/mol. The fourth-order valence-electron chi connectivity index (χ4n) is 5.50. The van der Waals surface area contributed by atoms with E-state index in [4.69, 9.17) is 4.74 Å². The van der Waals surface area contributed by atoms with Crippen LogP contribution in [0.3, 0.4) is 0 Å². The summed E-state index contributed by atoms with van der Waals surface area (Å²) in [5.74, 6) is 2.21. The number of carbonyl (C=O) groups is 1. The van der Waals surface area contributed by atoms with Gasteiger partial charge in [0, 0.05) is 50.7 Å². The van der Waals surface area contributed by atoms with E-state index in [0.717, 1.165) is 51.1 Å². The highest BCUT2D eigenvalue weighted by molar-refractivity contribution is 5.78. The number of rotatable bonds is 5. The number of methoxy groups -OCH3 is 1. The number of hydrogen-bond donors (Lipinski definition) is 0. The maximum absolute atomic E-state index is 12.8. The first-order chi connectivity index (χ1) is 13.0. The number of hydrogen-bond acceptors (Lipinski definition) is 5. The number of amides is 1. The Kier molecular flexibility index (Phi) is 5.37. The molecular formula is C21H32N4O2. The zero-order valence-electron chi connectivity index (χ0n) is 16.8. The minimum Gasteiger partial charge on any atom is -0.481 e. The lowest BCUT2D eigenvalue weighted by molar-refractivity contribution is -0.153. The summed E-state index contributed by atoms with van der Waals surface area (Å²) in [7, 11) is 5.91. The van der Waals surface area contributed by atoms with E-state index in [-0.39, 0.29) is 0 Å². The van der Waals surface area contributed by atoms with Crippen molar-refractivity contribution < 1.29 is 9.53 Å². The standard InChI is InChI=1S/C21H32N4O2/c1-23(2)14-19-16-10-15(18-7-5-9-21(26)25(18)19)11-24(12-16)13-17-6-4-8-20(22-17)27-3/h4,6,8,15-16,18-19H,5,7,9-14H2,1-3H3/t15-,16+,18+,19+/m1/s1. The summed E-state index contributed by atoms with van der Waals surface area (Å²) < 4.78 is 5.28. The van der Waals surface area contributed by atoms with Crippen molar-refractivity contribution in [3.63, 3.8) is 0 Å². The van der Waals surface area contributed by atoms with Crippen molar-refractivity contribution in [2.45, 2.75) is 44.3 Å². The number of aromatic nitrogens is 1. The third-order valence-corrected chi connectivity index (χ3v) is 6.50. The van der Waals surface area contributed by atoms with Crippen LogP contribution < -0.4 is 4.74 Å². The molecule has 1 aromatic heterocycles. The summed E-state index contributed by atoms with van der Waals surface area (Å²) in [6.45, 7) is 3.94. The highest BCUT2D eigenvalue weighted by Crippen LogP contribution is 2.42. The van der Waals surface area contributed by atoms with Gasteiger partial charge in [-0.15, -0.1) is 0 Å². The lowest BCUT2D eigenvalue weighted by Crippen LogP contribution is -2.66. The maximum atomic E-state index is 12.8. The van der Waals surface area contributed by atoms with Gasteiger partial charge in [-0.2, -0.15) is 0 Å². The van der Waals surface area contributed by atoms with Crippen molar-refractivity contribution in [3.05, 3.63) is 23.9 Å². The van der Waals surface area contributed by atoms with Crippen molar-refractivity contribution in [1.29, 1.82) is 0 Å². The molecule has 4 atom stereocenters. The Labute approximate surface area is 162 Å². The molecule has 1 aromatic rings. The van der Waals surface area contributed by atoms with Gasteiger partial charge in [0.1, 0.15) is 0 Å². The number of carbonyl (C=O) groups excluding carboxylic acids is 1. The minimum atomic E-state index is 0.343. The summed E-state index contributed by atoms with van der Waals surface area (Å²) in [4.78, 5) is 24.5. The normalized spacial score (nSPS) is 31.1. The van der Waals surface area contributed by atoms with E-state index in [9.17, 15) is 4.79 Å². The van der Waals surface area contributed by atoms with Crippen LogP contribution in [0, 0.1) is 11.8 Å². The van der Waals surface area contributed by atoms with Crippen LogP contribution in [0.2, 0.25) is 0 Å². The van der Waals surface area contributed by atoms with Gasteiger partial charge in [0.2, 0.25) is 11.8 Å². The molecule has 148 valence electrons. The fourth-order valence-corrected chi connectivity index (χ4v) is 5.50. The van der Waals surface area contributed by atoms with Crippen molar-refractivity contribution in [2.24, 2.45) is 11.8 Å². The molecule has 6 heteroatoms. The van der Waals surface area contributed by atoms with Crippen LogP contribution in [-0.4, -0.2) is 78.5 Å². The number of fused-ring (bicyclic) bond motifs is 4. The average Bonchev–Trinajstić information content (AvgIpc) is 2.65. The Morgan fingerprint density at radius 2 is 2.07 bits per heavy atom. The number of likely N-dealkylation sites (N-methyl/N-ethyl adjacent to an activating group) is 1. The van der Waals surface area contributed by atoms with Crippen LogP contribution in [-0.2, 0) is 11.3 Å². The second kappa shape index (κ2) is 7.76. The van der Waals surface area contributed by atoms with Gasteiger partial charge in [0.25, 0.3) is 0 Å². The highest BCUT2D eigenvalue weighted by Gasteiger charge is 2.49. The van der Waals surface area contributed by atoms with Gasteiger partial charge in [0.05, 0.1) is 12.8 Å². The molecule has 0 saturated carbocycles. The summed E-state index contributed by atoms with van der Waals surface area (Å²) >= 11 is 0. The summed E-state index contributed by atoms with van der Waals surface area (Å²) in [5, 5.41) is 0. The number of ether oxygens (including phenoxy) is 1. The van der Waals surface area contributed by atoms with E-state index in [1.807, 2.05) is 12.1 Å². The zero-order chi connectivity index (χ0) is 19.0. The van der Waals surface area contributed by atoms with Gasteiger partial charge < -0.3 is 14.5 Å². The molecule has 0 N–H and O–H groups in total. The first-order valence-corrected chi connectivity index (χ1v) is 10.2. The molecule has 27 heavy (non-hydrogen) atoms. The number of nitrogens with zero attached hydrogens (tertiary/aromatic N) is 4. The summed E-state index contributed by atoms with van der Waals surface area (Å²) in [6.07, 6.45) is 4.21. The molecule has 3 aliphatic heterocycles. The van der Waals surface area contributed by atoms with Crippen molar-refractivity contribution in [1.82, 2.24) is 19.7 Å². The Morgan fingerprint density at radius 3 is 2.85 bits per heavy atom. The van der Waals surface area contributed by atoms with E-state index >= 15 is 0 Å². The summed E-state index contributed by atoms with van der Waals surface area (Å²) in [6, 6.07) is 6.76. The Bertz CT molecular complexity index is 680. The third kappa shape index (κ3) is 3.83. The molecule has 1 amide bonds. The lowest BCUT2D eigenvalue weighted by Gasteiger charge is -2.57. The maximum Gasteiger partial charge on any atom is 0.223 e. The first-order valence-electron chi connectivity index (χ1n) is 10.2. The number of likely N-dealkylation sites (tertiary alicyclic amines) is 1. The van der Waals surface area contributed by atoms with E-state index in [2.05, 4.69) is 39.8 Å². The molecule has 0 unspecified atom stereocenters. The van der Waals surface area contributed by atoms with Crippen molar-refractivity contribution in [2.75, 3.05) is 40.8 Å². The third-order valence-electron chi connectivity index (χ3n) is 6.50. The van der Waals surface area contributed by atoms with Crippen molar-refractivity contribution in [3.8, 4) is 5.88 Å². The predicted octanol–water partition coefficient (Wildman–Crippen LogP) is 1.85. The Morgan fingerprint density at radius 1 is 1.26 bits per heavy atom. The van der Waals surface area contributed by atoms with E-state index in [1.165, 1.54) is 6.42 Å². The molecule has 3 aliphatic rings. The van der Waals surface area contributed by atoms with Gasteiger partial charge in [-0.05, 0) is 51.3 Å². The molecule has 0 aliphatic carbocycles. The minimum absolute atomic E-state index is 0.343. The van der Waals surface area contributed by atoms with Crippen LogP contribution in [0.15, 0.2) is 18.2 Å². The molecular weight excluding hydrogens is 340 g/mol. The molecule has 3 saturated heterocycles. The van der Waals surface area contributed by atoms with Gasteiger partial charge >= 0.3 is 0 Å². The highest BCUT2D eigenvalue weighted by atomic mass is 16.5. The fraction of sp³-hybridized carbons (Fsp3) is 0.714. The summed E-state index contributed by atoms with van der Waals surface area (Å²) in [5.41, 5.74) is 1.06. The Balaban J connectivity index is 1.54. The molecule has 4 rings (SSSR count). The monoisotopic (exact) mass is 372 g/mol. The number of pyridine rings is 1. The molecule has 0 spiro atoms. The van der Waals surface area contributed by atoms with E-state index in [0.29, 0.717) is 35.7 Å². The molecule has 3 fully saturated rings. The SMILES string of the molecule is COc1cccc(CN2C[C@H]3C[C@@H](C2)[C@H](CN(C)C)N2C(=O)CCC[C@@H]32)n1. The van der Waals surface area contributed by atoms with Gasteiger partial charge in [-0.3, -0.25) is 9.69 Å². The van der Waals surface area contributed by atoms with Gasteiger partial charge in [0.15, 0.2) is 0 Å². The topological polar surface area (TPSA) is 48.9 Å². The molecule has 0 aromatic carbocycles. The van der Waals surface area contributed by atoms with Crippen LogP contribution >= 0.6 is 0 Å². The number of piperidine rings is 3. The van der Waals surface area contributed by atoms with E-state index in [1.54, 1.807) is 7.11 Å². The smallest absolute Gasteiger partial charge is 0.223 e. The van der Waals surface area contributed by atoms with Crippen LogP contribution in [0.5, 0.6) is 5.88 Å². The largest absolute Gasteiger partial charge is 0.481 e. The molecule has 2 bridgehead atoms. The van der Waals surface area contributed by atoms with E-state index < -0.39 is 0 Å². The lowest BCUT2D eigenvalue weighted by atomic mass is 9.72. The molecule has 6 nitrogen and oxygen atoms in total. The molecule has 0 radical (unpaired) electrons. The van der Waals surface area contributed by atoms with Gasteiger partial charge in [-0.25, -0.2) is 4.98 Å². The van der Waals surface area contributed by atoms with Gasteiger partial charge in [-0.1, -0.05) is 6.07 Å².